The summed E-state index contributed by atoms with van der Waals surface area (Å²) >= 11 is 1.89. The maximum atomic E-state index is 11.5. The van der Waals surface area contributed by atoms with Crippen LogP contribution in [0.4, 0.5) is 0 Å². The van der Waals surface area contributed by atoms with E-state index in [2.05, 4.69) is 41.8 Å². The van der Waals surface area contributed by atoms with Gasteiger partial charge in [0.2, 0.25) is 5.91 Å². The molecular formula is C14H20N2OS. The molecule has 1 unspecified atom stereocenters. The highest BCUT2D eigenvalue weighted by Crippen LogP contribution is 2.37. The second-order valence-electron chi connectivity index (χ2n) is 4.46. The molecule has 1 heterocycles. The molecule has 3 nitrogen and oxygen atoms in total. The minimum absolute atomic E-state index is 0.142. The summed E-state index contributed by atoms with van der Waals surface area (Å²) in [6, 6.07) is 8.88. The van der Waals surface area contributed by atoms with E-state index in [1.165, 1.54) is 10.5 Å². The zero-order valence-electron chi connectivity index (χ0n) is 10.7. The second kappa shape index (κ2) is 6.81. The van der Waals surface area contributed by atoms with Crippen molar-refractivity contribution < 1.29 is 4.79 Å². The molecule has 0 spiro atoms. The lowest BCUT2D eigenvalue weighted by Crippen LogP contribution is -2.30. The van der Waals surface area contributed by atoms with Crippen molar-refractivity contribution >= 4 is 17.7 Å². The summed E-state index contributed by atoms with van der Waals surface area (Å²) in [5, 5.41) is 6.36. The number of rotatable bonds is 6. The highest BCUT2D eigenvalue weighted by molar-refractivity contribution is 7.99. The lowest BCUT2D eigenvalue weighted by Gasteiger charge is -2.12. The van der Waals surface area contributed by atoms with E-state index in [-0.39, 0.29) is 5.91 Å². The van der Waals surface area contributed by atoms with Crippen LogP contribution in [0.1, 0.15) is 31.4 Å². The fourth-order valence-corrected chi connectivity index (χ4v) is 3.24. The van der Waals surface area contributed by atoms with Gasteiger partial charge < -0.3 is 10.6 Å². The Kier molecular flexibility index (Phi) is 5.08. The quantitative estimate of drug-likeness (QED) is 0.828. The lowest BCUT2D eigenvalue weighted by atomic mass is 10.1. The van der Waals surface area contributed by atoms with Gasteiger partial charge in [-0.2, -0.15) is 0 Å². The van der Waals surface area contributed by atoms with Crippen LogP contribution in [0.15, 0.2) is 29.2 Å². The minimum atomic E-state index is 0.142. The number of fused-ring (bicyclic) bond motifs is 1. The lowest BCUT2D eigenvalue weighted by molar-refractivity contribution is -0.121. The molecule has 2 N–H and O–H groups in total. The molecule has 0 aliphatic carbocycles. The number of nitrogens with one attached hydrogen (secondary N) is 2. The van der Waals surface area contributed by atoms with Gasteiger partial charge in [0, 0.05) is 36.2 Å². The zero-order chi connectivity index (χ0) is 12.8. The molecule has 1 aromatic carbocycles. The molecule has 98 valence electrons. The van der Waals surface area contributed by atoms with Crippen molar-refractivity contribution in [2.75, 3.05) is 18.8 Å². The van der Waals surface area contributed by atoms with E-state index in [0.29, 0.717) is 12.5 Å². The van der Waals surface area contributed by atoms with Crippen LogP contribution >= 0.6 is 11.8 Å². The van der Waals surface area contributed by atoms with E-state index in [1.54, 1.807) is 0 Å². The largest absolute Gasteiger partial charge is 0.356 e. The number of hydrogen-bond acceptors (Lipinski definition) is 3. The van der Waals surface area contributed by atoms with Gasteiger partial charge in [-0.05, 0) is 18.1 Å². The van der Waals surface area contributed by atoms with Crippen molar-refractivity contribution in [3.05, 3.63) is 29.8 Å². The Balaban J connectivity index is 1.74. The van der Waals surface area contributed by atoms with Crippen molar-refractivity contribution in [2.45, 2.75) is 30.7 Å². The van der Waals surface area contributed by atoms with Gasteiger partial charge in [-0.3, -0.25) is 4.79 Å². The molecule has 1 aliphatic rings. The van der Waals surface area contributed by atoms with Crippen LogP contribution < -0.4 is 10.6 Å². The number of thioether (sulfide) groups is 1. The predicted molar refractivity (Wildman–Crippen MR) is 75.8 cm³/mol. The summed E-state index contributed by atoms with van der Waals surface area (Å²) in [4.78, 5) is 12.8. The van der Waals surface area contributed by atoms with Gasteiger partial charge in [0.15, 0.2) is 0 Å². The normalized spacial score (nSPS) is 17.5. The summed E-state index contributed by atoms with van der Waals surface area (Å²) in [5.74, 6) is 1.21. The van der Waals surface area contributed by atoms with E-state index in [9.17, 15) is 4.79 Å². The van der Waals surface area contributed by atoms with E-state index in [0.717, 1.165) is 25.3 Å². The highest BCUT2D eigenvalue weighted by Gasteiger charge is 2.21. The van der Waals surface area contributed by atoms with Gasteiger partial charge in [-0.1, -0.05) is 25.1 Å². The number of carbonyl (C=O) groups is 1. The monoisotopic (exact) mass is 264 g/mol. The molecule has 0 saturated carbocycles. The summed E-state index contributed by atoms with van der Waals surface area (Å²) in [6.07, 6.45) is 1.55. The van der Waals surface area contributed by atoms with Crippen LogP contribution in [0.2, 0.25) is 0 Å². The van der Waals surface area contributed by atoms with E-state index >= 15 is 0 Å². The topological polar surface area (TPSA) is 41.1 Å². The van der Waals surface area contributed by atoms with Gasteiger partial charge in [-0.15, -0.1) is 11.8 Å². The first-order valence-electron chi connectivity index (χ1n) is 6.53. The number of carbonyl (C=O) groups excluding carboxylic acids is 1. The molecule has 4 heteroatoms. The second-order valence-corrected chi connectivity index (χ2v) is 5.52. The zero-order valence-corrected chi connectivity index (χ0v) is 11.6. The SMILES string of the molecule is CCCNC(=O)CCNC1CSc2ccccc21. The number of amides is 1. The Morgan fingerprint density at radius 3 is 3.06 bits per heavy atom. The molecule has 1 amide bonds. The smallest absolute Gasteiger partial charge is 0.221 e. The van der Waals surface area contributed by atoms with Gasteiger partial charge in [0.25, 0.3) is 0 Å². The van der Waals surface area contributed by atoms with Crippen LogP contribution in [0.5, 0.6) is 0 Å². The summed E-state index contributed by atoms with van der Waals surface area (Å²) in [6.45, 7) is 3.58. The van der Waals surface area contributed by atoms with Gasteiger partial charge in [0.05, 0.1) is 0 Å². The summed E-state index contributed by atoms with van der Waals surface area (Å²) in [5.41, 5.74) is 1.37. The number of hydrogen-bond donors (Lipinski definition) is 2. The molecule has 0 saturated heterocycles. The van der Waals surface area contributed by atoms with Crippen molar-refractivity contribution in [3.8, 4) is 0 Å². The Morgan fingerprint density at radius 1 is 1.39 bits per heavy atom. The fourth-order valence-electron chi connectivity index (χ4n) is 2.04. The van der Waals surface area contributed by atoms with Gasteiger partial charge in [-0.25, -0.2) is 0 Å². The summed E-state index contributed by atoms with van der Waals surface area (Å²) in [7, 11) is 0. The van der Waals surface area contributed by atoms with Crippen LogP contribution in [0, 0.1) is 0 Å². The maximum absolute atomic E-state index is 11.5. The van der Waals surface area contributed by atoms with Crippen LogP contribution in [0.25, 0.3) is 0 Å². The Labute approximate surface area is 113 Å². The molecule has 0 radical (unpaired) electrons. The first-order chi connectivity index (χ1) is 8.81. The van der Waals surface area contributed by atoms with Crippen LogP contribution in [-0.4, -0.2) is 24.7 Å². The average molecular weight is 264 g/mol. The van der Waals surface area contributed by atoms with Crippen molar-refractivity contribution in [1.82, 2.24) is 10.6 Å². The Hall–Kier alpha value is -1.00. The van der Waals surface area contributed by atoms with E-state index < -0.39 is 0 Å². The molecule has 1 aliphatic heterocycles. The van der Waals surface area contributed by atoms with Crippen LogP contribution in [-0.2, 0) is 4.79 Å². The van der Waals surface area contributed by atoms with Crippen molar-refractivity contribution in [1.29, 1.82) is 0 Å². The Bertz CT molecular complexity index is 409. The van der Waals surface area contributed by atoms with Gasteiger partial charge in [0.1, 0.15) is 0 Å². The third kappa shape index (κ3) is 3.50. The Morgan fingerprint density at radius 2 is 2.22 bits per heavy atom. The average Bonchev–Trinajstić information content (AvgIpc) is 2.80. The number of benzene rings is 1. The first kappa shape index (κ1) is 13.4. The van der Waals surface area contributed by atoms with Crippen LogP contribution in [0.3, 0.4) is 0 Å². The molecule has 0 bridgehead atoms. The predicted octanol–water partition coefficient (Wildman–Crippen LogP) is 2.34. The first-order valence-corrected chi connectivity index (χ1v) is 7.51. The van der Waals surface area contributed by atoms with Crippen molar-refractivity contribution in [2.24, 2.45) is 0 Å². The third-order valence-electron chi connectivity index (χ3n) is 3.01. The molecule has 0 fully saturated rings. The van der Waals surface area contributed by atoms with E-state index in [4.69, 9.17) is 0 Å². The molecular weight excluding hydrogens is 244 g/mol. The van der Waals surface area contributed by atoms with Crippen molar-refractivity contribution in [3.63, 3.8) is 0 Å². The molecule has 2 rings (SSSR count). The van der Waals surface area contributed by atoms with Gasteiger partial charge >= 0.3 is 0 Å². The molecule has 18 heavy (non-hydrogen) atoms. The molecule has 0 aromatic heterocycles. The highest BCUT2D eigenvalue weighted by atomic mass is 32.2. The minimum Gasteiger partial charge on any atom is -0.356 e. The molecule has 1 aromatic rings. The third-order valence-corrected chi connectivity index (χ3v) is 4.20. The maximum Gasteiger partial charge on any atom is 0.221 e. The van der Waals surface area contributed by atoms with E-state index in [1.807, 2.05) is 11.8 Å². The fraction of sp³-hybridized carbons (Fsp3) is 0.500. The summed E-state index contributed by atoms with van der Waals surface area (Å²) < 4.78 is 0. The standard InChI is InChI=1S/C14H20N2OS/c1-2-8-16-14(17)7-9-15-12-10-18-13-6-4-3-5-11(12)13/h3-6,12,15H,2,7-10H2,1H3,(H,16,17). The molecule has 1 atom stereocenters.